The Morgan fingerprint density at radius 1 is 0.209 bits per heavy atom. The molecule has 0 spiro atoms. The van der Waals surface area contributed by atoms with Crippen LogP contribution in [-0.4, -0.2) is 0 Å². The van der Waals surface area contributed by atoms with Gasteiger partial charge in [0.1, 0.15) is 0 Å². The van der Waals surface area contributed by atoms with Crippen molar-refractivity contribution in [1.82, 2.24) is 0 Å². The molecule has 0 nitrogen and oxygen atoms in total. The summed E-state index contributed by atoms with van der Waals surface area (Å²) in [6.07, 6.45) is 0. The molecular formula is CH4I25SV40-. The Morgan fingerprint density at radius 2 is 0.299 bits per heavy atom. The third-order valence-corrected chi connectivity index (χ3v) is 1740. The molecule has 0 aliphatic rings. The van der Waals surface area contributed by atoms with Crippen LogP contribution in [0.5, 0.6) is 0 Å². The van der Waals surface area contributed by atoms with Crippen molar-refractivity contribution in [2.45, 2.75) is 7.43 Å². The fraction of sp³-hybridized carbons (Fsp3) is 1.00. The average Bonchev–Trinajstić information content (AvgIpc) is 2.69. The van der Waals surface area contributed by atoms with Crippen LogP contribution in [0.1, 0.15) is 7.43 Å². The molecule has 0 aromatic heterocycles. The van der Waals surface area contributed by atoms with Crippen molar-refractivity contribution in [3.8, 4) is 0 Å². The van der Waals surface area contributed by atoms with Crippen molar-refractivity contribution in [3.05, 3.63) is 0 Å². The van der Waals surface area contributed by atoms with Crippen LogP contribution >= 0.6 is 339 Å². The van der Waals surface area contributed by atoms with Crippen molar-refractivity contribution in [3.63, 3.8) is 0 Å². The van der Waals surface area contributed by atoms with Crippen molar-refractivity contribution in [2.75, 3.05) is 0 Å². The topological polar surface area (TPSA) is 0 Å². The van der Waals surface area contributed by atoms with Gasteiger partial charge in [0.05, 0.1) is 0 Å². The standard InChI is InChI=1S/CH4.I25.S.40V/c;1-14-16(4)18(6)20(8)22(10)24(12)25(13)23(11)21(9)19(7)17(5)15(2)3;;;;;;;;;;;;;;;;;;;;;;;;;;;;;;;;;;;;;;;;;/h1H4;;;;;;;;;;;;;;;;;;;;;;;;;;;;;;;;;;;;;;;;;;/q;-1;;;;;;;;;;;;;;;;;;;;;;;;;;;;;;;;;;;;;;;;;. The molecule has 0 N–H and O–H groups in total. The second-order valence-corrected chi connectivity index (χ2v) is 554. The van der Waals surface area contributed by atoms with E-state index in [2.05, 4.69) is 252 Å². The molecule has 0 saturated carbocycles. The first-order chi connectivity index (χ1) is 12.4. The van der Waals surface area contributed by atoms with E-state index < -0.39 is 71.0 Å². The second kappa shape index (κ2) is 214. The van der Waals surface area contributed by atoms with Gasteiger partial charge in [-0.25, -0.2) is 0 Å². The first-order valence-electron chi connectivity index (χ1n) is 3.61. The molecule has 0 fully saturated rings. The number of halogens is 25. The third kappa shape index (κ3) is 172. The van der Waals surface area contributed by atoms with Crippen LogP contribution in [0.25, 0.3) is 0 Å². The Bertz CT molecular complexity index is 435. The van der Waals surface area contributed by atoms with E-state index in [0.717, 1.165) is 0 Å². The maximum Gasteiger partial charge on any atom is 0 e. The summed E-state index contributed by atoms with van der Waals surface area (Å²) < 4.78 is 0. The van der Waals surface area contributed by atoms with Gasteiger partial charge in [0.25, 0.3) is 0 Å². The fourth-order valence-corrected chi connectivity index (χ4v) is 3980. The molecule has 39 radical (unpaired) electrons. The molecule has 0 atom stereocenters. The van der Waals surface area contributed by atoms with E-state index in [1.807, 2.05) is 15.7 Å². The molecule has 0 rings (SSSR count). The molecule has 0 heterocycles. The minimum absolute atomic E-state index is 0. The molecule has 0 aromatic rings. The van der Waals surface area contributed by atoms with Gasteiger partial charge in [-0.05, 0) is 0 Å². The predicted molar refractivity (Wildman–Crippen MR) is 351 cm³/mol. The molecule has 66 heteroatoms. The zero-order valence-electron chi connectivity index (χ0n) is 27.7. The molecule has 0 amide bonds. The van der Waals surface area contributed by atoms with Crippen molar-refractivity contribution in [2.24, 2.45) is 0 Å². The molecule has 0 unspecified atom stereocenters. The zero-order chi connectivity index (χ0) is 22.1. The van der Waals surface area contributed by atoms with E-state index in [1.165, 1.54) is 0 Å². The van der Waals surface area contributed by atoms with Gasteiger partial charge in [0, 0.05) is 724 Å². The van der Waals surface area contributed by atoms with Crippen LogP contribution in [-0.2, 0) is 739 Å². The molecule has 390 valence electrons. The molecule has 0 saturated heterocycles. The first kappa shape index (κ1) is 283. The van der Waals surface area contributed by atoms with Crippen molar-refractivity contribution in [1.29, 1.82) is 0 Å². The normalized spacial score (nSPS) is 6.78. The monoisotopic (exact) mass is 5260 g/mol. The summed E-state index contributed by atoms with van der Waals surface area (Å²) in [7, 11) is -0.587. The Morgan fingerprint density at radius 3 is 0.388 bits per heavy atom. The summed E-state index contributed by atoms with van der Waals surface area (Å²) in [5, 5.41) is 0. The van der Waals surface area contributed by atoms with Crippen LogP contribution in [0.2, 0.25) is 0 Å². The fourth-order valence-electron chi connectivity index (χ4n) is 0.293. The summed E-state index contributed by atoms with van der Waals surface area (Å²) in [5.74, 6) is 0. The Balaban J connectivity index is -0.00000000367. The van der Waals surface area contributed by atoms with E-state index in [1.54, 1.807) is 0 Å². The Kier molecular flexibility index (Phi) is 905. The van der Waals surface area contributed by atoms with Gasteiger partial charge in [0.15, 0.2) is 0 Å². The van der Waals surface area contributed by atoms with Gasteiger partial charge in [-0.2, -0.15) is 0 Å². The van der Waals surface area contributed by atoms with E-state index >= 15 is 0 Å². The van der Waals surface area contributed by atoms with Gasteiger partial charge in [-0.3, -0.25) is 0 Å². The molecule has 67 heavy (non-hydrogen) atoms. The summed E-state index contributed by atoms with van der Waals surface area (Å²) >= 11 is 42.9. The van der Waals surface area contributed by atoms with E-state index in [0.29, 0.717) is 13.3 Å². The first-order valence-corrected chi connectivity index (χ1v) is 157. The zero-order valence-corrected chi connectivity index (χ0v) is 138. The van der Waals surface area contributed by atoms with Crippen molar-refractivity contribution < 1.29 is 753 Å². The molecule has 0 aliphatic carbocycles. The maximum absolute atomic E-state index is 4.02. The van der Waals surface area contributed by atoms with Gasteiger partial charge in [-0.15, -0.1) is 0 Å². The smallest absolute Gasteiger partial charge is 0 e. The average molecular weight is 5260 g/mol. The summed E-state index contributed by atoms with van der Waals surface area (Å²) in [6.45, 7) is 0. The van der Waals surface area contributed by atoms with E-state index in [-0.39, 0.29) is 747 Å². The minimum Gasteiger partial charge on any atom is 0 e. The number of hydrogen-bond donors (Lipinski definition) is 0. The predicted octanol–water partition coefficient (Wildman–Crippen LogP) is 19.4. The van der Waals surface area contributed by atoms with Crippen LogP contribution in [0.15, 0.2) is 0 Å². The minimum atomic E-state index is -0.456. The van der Waals surface area contributed by atoms with E-state index in [9.17, 15) is 0 Å². The van der Waals surface area contributed by atoms with Gasteiger partial charge in [0.2, 0.25) is 0 Å². The molecule has 0 aromatic carbocycles. The largest absolute Gasteiger partial charge is 0 e. The third-order valence-electron chi connectivity index (χ3n) is 0.857. The van der Waals surface area contributed by atoms with Crippen LogP contribution in [0.3, 0.4) is 0 Å². The maximum atomic E-state index is 4.02. The summed E-state index contributed by atoms with van der Waals surface area (Å²) in [5.41, 5.74) is 0. The molecular weight excluding hydrogens is 5250 g/mol. The molecule has 0 aliphatic heterocycles. The van der Waals surface area contributed by atoms with E-state index in [4.69, 9.17) is 0 Å². The Labute approximate surface area is 1060 Å². The van der Waals surface area contributed by atoms with Gasteiger partial charge >= 0.3 is 368 Å². The van der Waals surface area contributed by atoms with Crippen LogP contribution in [0.4, 0.5) is 0 Å². The van der Waals surface area contributed by atoms with Gasteiger partial charge in [-0.1, -0.05) is 7.43 Å². The van der Waals surface area contributed by atoms with Crippen molar-refractivity contribution >= 4 is 339 Å². The number of hydrogen-bond acceptors (Lipinski definition) is 1. The second-order valence-electron chi connectivity index (χ2n) is 1.84. The van der Waals surface area contributed by atoms with Crippen LogP contribution in [0, 0.1) is 0 Å². The Hall–Kier alpha value is 41.8. The number of rotatable bonds is 11. The SMILES string of the molecule is C.I[I-]I(I)I(I)I(I)I(I)I(I)I(I)I(I)I(I)I(I)I(I)I(I)I.[S]=[V].[V].[V].[V].[V].[V].[V].[V].[V].[V].[V].[V].[V].[V].[V].[V].[V].[V].[V].[V].[V].[V].[V].[V].[V].[V].[V].[V].[V].[V].[V].[V].[V].[V].[V].[V].[V].[V].[V].[V]. The summed E-state index contributed by atoms with van der Waals surface area (Å²) in [6, 6.07) is 0. The van der Waals surface area contributed by atoms with Crippen LogP contribution < -0.4 is 13.3 Å². The van der Waals surface area contributed by atoms with Gasteiger partial charge < -0.3 is 0 Å². The molecule has 0 bridgehead atoms. The quantitative estimate of drug-likeness (QED) is 0.186. The summed E-state index contributed by atoms with van der Waals surface area (Å²) in [4.78, 5) is 0.